The van der Waals surface area contributed by atoms with Crippen LogP contribution in [-0.4, -0.2) is 103 Å². The molecule has 2 N–H and O–H groups in total. The largest absolute Gasteiger partial charge is 0.490 e. The number of ether oxygens (including phenoxy) is 2. The molecule has 0 aliphatic carbocycles. The Morgan fingerprint density at radius 3 is 2.19 bits per heavy atom. The van der Waals surface area contributed by atoms with Gasteiger partial charge in [-0.1, -0.05) is 0 Å². The van der Waals surface area contributed by atoms with Crippen LogP contribution in [0.4, 0.5) is 26.3 Å². The average Bonchev–Trinajstić information content (AvgIpc) is 3.29. The first-order valence-electron chi connectivity index (χ1n) is 10.8. The van der Waals surface area contributed by atoms with Crippen molar-refractivity contribution in [1.29, 1.82) is 0 Å². The second-order valence-corrected chi connectivity index (χ2v) is 8.16. The van der Waals surface area contributed by atoms with E-state index in [0.29, 0.717) is 18.1 Å². The summed E-state index contributed by atoms with van der Waals surface area (Å²) < 4.78 is 80.4. The van der Waals surface area contributed by atoms with Crippen molar-refractivity contribution >= 4 is 11.9 Å². The molecular weight excluding hydrogens is 506 g/mol. The molecule has 0 aromatic carbocycles. The number of carbonyl (C=O) groups is 2. The van der Waals surface area contributed by atoms with E-state index in [9.17, 15) is 26.3 Å². The van der Waals surface area contributed by atoms with Crippen LogP contribution < -0.4 is 0 Å². The minimum atomic E-state index is -5.08. The van der Waals surface area contributed by atoms with E-state index in [-0.39, 0.29) is 0 Å². The van der Waals surface area contributed by atoms with Gasteiger partial charge in [-0.25, -0.2) is 9.59 Å². The maximum atomic E-state index is 10.6. The van der Waals surface area contributed by atoms with E-state index < -0.39 is 24.3 Å². The molecule has 15 heteroatoms. The van der Waals surface area contributed by atoms with E-state index in [2.05, 4.69) is 16.8 Å². The summed E-state index contributed by atoms with van der Waals surface area (Å²) in [4.78, 5) is 22.7. The van der Waals surface area contributed by atoms with Crippen molar-refractivity contribution in [1.82, 2.24) is 9.80 Å². The fraction of sp³-hybridized carbons (Fsp3) is 0.714. The second-order valence-electron chi connectivity index (χ2n) is 8.16. The summed E-state index contributed by atoms with van der Waals surface area (Å²) in [5, 5.41) is 14.2. The number of methoxy groups -OCH3 is 1. The van der Waals surface area contributed by atoms with Crippen molar-refractivity contribution in [3.05, 3.63) is 24.2 Å². The van der Waals surface area contributed by atoms with Crippen LogP contribution >= 0.6 is 0 Å². The van der Waals surface area contributed by atoms with Crippen molar-refractivity contribution < 1.29 is 60.0 Å². The van der Waals surface area contributed by atoms with E-state index in [1.165, 1.54) is 12.8 Å². The first-order valence-corrected chi connectivity index (χ1v) is 10.8. The van der Waals surface area contributed by atoms with Crippen LogP contribution in [0.1, 0.15) is 18.6 Å². The lowest BCUT2D eigenvalue weighted by atomic mass is 9.85. The van der Waals surface area contributed by atoms with E-state index in [4.69, 9.17) is 33.7 Å². The number of fused-ring (bicyclic) bond motifs is 1. The molecule has 2 aliphatic rings. The quantitative estimate of drug-likeness (QED) is 0.530. The average molecular weight is 536 g/mol. The molecule has 3 heterocycles. The van der Waals surface area contributed by atoms with Crippen molar-refractivity contribution in [2.24, 2.45) is 5.92 Å². The number of alkyl halides is 6. The number of halogens is 6. The lowest BCUT2D eigenvalue weighted by Gasteiger charge is -2.48. The molecule has 0 spiro atoms. The number of rotatable bonds is 6. The van der Waals surface area contributed by atoms with Crippen LogP contribution in [0, 0.1) is 5.92 Å². The predicted octanol–water partition coefficient (Wildman–Crippen LogP) is 3.10. The molecule has 1 aromatic rings. The summed E-state index contributed by atoms with van der Waals surface area (Å²) >= 11 is 0. The van der Waals surface area contributed by atoms with Crippen LogP contribution in [0.25, 0.3) is 0 Å². The number of likely N-dealkylation sites (N-methyl/N-ethyl adjacent to an activating group) is 1. The molecular formula is C21H30F6N2O7. The number of aliphatic carboxylic acids is 2. The third kappa shape index (κ3) is 11.1. The molecule has 0 unspecified atom stereocenters. The SMILES string of the molecule is COCCN1C[C@@H]2CCCO[C@@H]2[C@H](N(C)Cc2ccco2)C1.O=C(O)C(F)(F)F.O=C(O)C(F)(F)F. The Balaban J connectivity index is 0.000000383. The van der Waals surface area contributed by atoms with Gasteiger partial charge >= 0.3 is 24.3 Å². The smallest absolute Gasteiger partial charge is 0.475 e. The number of piperidine rings is 1. The number of carboxylic acids is 2. The highest BCUT2D eigenvalue weighted by atomic mass is 19.4. The van der Waals surface area contributed by atoms with Gasteiger partial charge < -0.3 is 24.1 Å². The Labute approximate surface area is 203 Å². The third-order valence-corrected chi connectivity index (χ3v) is 5.46. The summed E-state index contributed by atoms with van der Waals surface area (Å²) in [5.74, 6) is -3.85. The number of furan rings is 1. The standard InChI is InChI=1S/C17H28N2O3.2C2HF3O2/c1-18(12-15-6-4-8-21-15)16-13-19(7-10-20-2)11-14-5-3-9-22-17(14)16;2*3-2(4,5)1(6)7/h4,6,8,14,16-17H,3,5,7,9-13H2,1-2H3;2*(H,6,7)/t14-,16+,17-;;/m0../s1. The Bertz CT molecular complexity index is 765. The monoisotopic (exact) mass is 536 g/mol. The van der Waals surface area contributed by atoms with Crippen LogP contribution in [0.3, 0.4) is 0 Å². The van der Waals surface area contributed by atoms with Gasteiger partial charge in [-0.3, -0.25) is 9.80 Å². The van der Waals surface area contributed by atoms with Crippen LogP contribution in [0.5, 0.6) is 0 Å². The first-order chi connectivity index (χ1) is 16.7. The third-order valence-electron chi connectivity index (χ3n) is 5.46. The van der Waals surface area contributed by atoms with Crippen LogP contribution in [-0.2, 0) is 25.6 Å². The number of nitrogens with zero attached hydrogens (tertiary/aromatic N) is 2. The summed E-state index contributed by atoms with van der Waals surface area (Å²) in [6.07, 6.45) is -5.60. The molecule has 0 bridgehead atoms. The Morgan fingerprint density at radius 2 is 1.72 bits per heavy atom. The minimum Gasteiger partial charge on any atom is -0.475 e. The van der Waals surface area contributed by atoms with Crippen molar-refractivity contribution in [3.8, 4) is 0 Å². The number of likely N-dealkylation sites (tertiary alicyclic amines) is 1. The minimum absolute atomic E-state index is 0.354. The molecule has 36 heavy (non-hydrogen) atoms. The van der Waals surface area contributed by atoms with Gasteiger partial charge in [0.1, 0.15) is 5.76 Å². The summed E-state index contributed by atoms with van der Waals surface area (Å²) in [6, 6.07) is 4.41. The molecule has 3 rings (SSSR count). The summed E-state index contributed by atoms with van der Waals surface area (Å²) in [7, 11) is 3.96. The summed E-state index contributed by atoms with van der Waals surface area (Å²) in [6.45, 7) is 5.73. The first kappa shape index (κ1) is 31.7. The highest BCUT2D eigenvalue weighted by molar-refractivity contribution is 5.73. The molecule has 2 aliphatic heterocycles. The van der Waals surface area contributed by atoms with E-state index >= 15 is 0 Å². The van der Waals surface area contributed by atoms with Gasteiger partial charge in [-0.2, -0.15) is 26.3 Å². The van der Waals surface area contributed by atoms with Gasteiger partial charge in [0.2, 0.25) is 0 Å². The van der Waals surface area contributed by atoms with Crippen molar-refractivity contribution in [2.45, 2.75) is 43.9 Å². The zero-order chi connectivity index (χ0) is 27.5. The molecule has 208 valence electrons. The van der Waals surface area contributed by atoms with E-state index in [1.807, 2.05) is 12.1 Å². The molecule has 2 fully saturated rings. The number of hydrogen-bond acceptors (Lipinski definition) is 7. The van der Waals surface area contributed by atoms with Gasteiger partial charge in [-0.05, 0) is 37.9 Å². The molecule has 0 saturated carbocycles. The second kappa shape index (κ2) is 14.4. The molecule has 9 nitrogen and oxygen atoms in total. The molecule has 3 atom stereocenters. The Kier molecular flexibility index (Phi) is 12.7. The Hall–Kier alpha value is -2.36. The molecule has 0 amide bonds. The summed E-state index contributed by atoms with van der Waals surface area (Å²) in [5.41, 5.74) is 0. The number of carboxylic acid groups (broad SMARTS) is 2. The molecule has 2 saturated heterocycles. The lowest BCUT2D eigenvalue weighted by molar-refractivity contribution is -0.193. The van der Waals surface area contributed by atoms with Crippen molar-refractivity contribution in [3.63, 3.8) is 0 Å². The molecule has 0 radical (unpaired) electrons. The highest BCUT2D eigenvalue weighted by Crippen LogP contribution is 2.31. The fourth-order valence-electron chi connectivity index (χ4n) is 3.82. The van der Waals surface area contributed by atoms with E-state index in [0.717, 1.165) is 45.2 Å². The molecule has 1 aromatic heterocycles. The van der Waals surface area contributed by atoms with Crippen LogP contribution in [0.2, 0.25) is 0 Å². The van der Waals surface area contributed by atoms with Gasteiger partial charge in [0, 0.05) is 39.4 Å². The van der Waals surface area contributed by atoms with Gasteiger partial charge in [0.25, 0.3) is 0 Å². The maximum Gasteiger partial charge on any atom is 0.490 e. The predicted molar refractivity (Wildman–Crippen MR) is 112 cm³/mol. The normalized spacial score (nSPS) is 22.5. The number of hydrogen-bond donors (Lipinski definition) is 2. The lowest BCUT2D eigenvalue weighted by Crippen LogP contribution is -2.60. The van der Waals surface area contributed by atoms with E-state index in [1.54, 1.807) is 13.4 Å². The van der Waals surface area contributed by atoms with Crippen molar-refractivity contribution in [2.75, 3.05) is 47.0 Å². The van der Waals surface area contributed by atoms with Gasteiger partial charge in [-0.15, -0.1) is 0 Å². The van der Waals surface area contributed by atoms with Crippen LogP contribution in [0.15, 0.2) is 22.8 Å². The topological polar surface area (TPSA) is 113 Å². The fourth-order valence-corrected chi connectivity index (χ4v) is 3.82. The zero-order valence-corrected chi connectivity index (χ0v) is 19.7. The zero-order valence-electron chi connectivity index (χ0n) is 19.7. The highest BCUT2D eigenvalue weighted by Gasteiger charge is 2.41. The van der Waals surface area contributed by atoms with Gasteiger partial charge in [0.05, 0.1) is 25.5 Å². The van der Waals surface area contributed by atoms with Gasteiger partial charge in [0.15, 0.2) is 0 Å². The maximum absolute atomic E-state index is 10.6. The Morgan fingerprint density at radius 1 is 1.14 bits per heavy atom.